The quantitative estimate of drug-likeness (QED) is 0.625. The molecular formula is C17H18O4. The van der Waals surface area contributed by atoms with Crippen molar-refractivity contribution in [3.05, 3.63) is 53.6 Å². The van der Waals surface area contributed by atoms with Gasteiger partial charge in [0.05, 0.1) is 20.6 Å². The highest BCUT2D eigenvalue weighted by Gasteiger charge is 2.12. The Hall–Kier alpha value is -2.49. The number of methoxy groups -OCH3 is 2. The predicted molar refractivity (Wildman–Crippen MR) is 80.1 cm³/mol. The van der Waals surface area contributed by atoms with Crippen molar-refractivity contribution in [3.63, 3.8) is 0 Å². The standard InChI is InChI=1S/C17H18O4/c1-12-15(19-2)10-14(11-16(12)20-3)21-17(18)9-13-7-5-4-6-8-13/h4-8,10-11H,9H2,1-3H3. The normalized spacial score (nSPS) is 10.0. The fourth-order valence-electron chi connectivity index (χ4n) is 2.05. The van der Waals surface area contributed by atoms with Gasteiger partial charge in [-0.05, 0) is 12.5 Å². The molecule has 21 heavy (non-hydrogen) atoms. The summed E-state index contributed by atoms with van der Waals surface area (Å²) in [7, 11) is 3.13. The highest BCUT2D eigenvalue weighted by molar-refractivity contribution is 5.75. The fraction of sp³-hybridized carbons (Fsp3) is 0.235. The third-order valence-electron chi connectivity index (χ3n) is 3.15. The van der Waals surface area contributed by atoms with Gasteiger partial charge in [0.25, 0.3) is 0 Å². The van der Waals surface area contributed by atoms with Crippen LogP contribution in [0.2, 0.25) is 0 Å². The maximum absolute atomic E-state index is 12.0. The molecule has 0 fully saturated rings. The van der Waals surface area contributed by atoms with Gasteiger partial charge in [0.1, 0.15) is 17.2 Å². The summed E-state index contributed by atoms with van der Waals surface area (Å²) >= 11 is 0. The van der Waals surface area contributed by atoms with Crippen LogP contribution in [0.5, 0.6) is 17.2 Å². The lowest BCUT2D eigenvalue weighted by molar-refractivity contribution is -0.133. The van der Waals surface area contributed by atoms with E-state index in [2.05, 4.69) is 0 Å². The number of benzene rings is 2. The maximum Gasteiger partial charge on any atom is 0.315 e. The summed E-state index contributed by atoms with van der Waals surface area (Å²) in [5, 5.41) is 0. The molecule has 0 aliphatic heterocycles. The van der Waals surface area contributed by atoms with Crippen LogP contribution in [-0.2, 0) is 11.2 Å². The predicted octanol–water partition coefficient (Wildman–Crippen LogP) is 3.16. The molecule has 4 heteroatoms. The monoisotopic (exact) mass is 286 g/mol. The van der Waals surface area contributed by atoms with Crippen molar-refractivity contribution in [2.45, 2.75) is 13.3 Å². The van der Waals surface area contributed by atoms with Crippen molar-refractivity contribution < 1.29 is 19.0 Å². The van der Waals surface area contributed by atoms with E-state index in [-0.39, 0.29) is 12.4 Å². The van der Waals surface area contributed by atoms with Gasteiger partial charge in [-0.15, -0.1) is 0 Å². The van der Waals surface area contributed by atoms with Gasteiger partial charge in [-0.3, -0.25) is 4.79 Å². The summed E-state index contributed by atoms with van der Waals surface area (Å²) in [6.45, 7) is 1.88. The first-order valence-corrected chi connectivity index (χ1v) is 6.61. The Morgan fingerprint density at radius 2 is 1.57 bits per heavy atom. The Kier molecular flexibility index (Phi) is 4.82. The van der Waals surface area contributed by atoms with Crippen molar-refractivity contribution in [2.24, 2.45) is 0 Å². The smallest absolute Gasteiger partial charge is 0.315 e. The molecule has 0 N–H and O–H groups in total. The largest absolute Gasteiger partial charge is 0.496 e. The summed E-state index contributed by atoms with van der Waals surface area (Å²) in [4.78, 5) is 12.0. The molecule has 0 atom stereocenters. The van der Waals surface area contributed by atoms with E-state index in [1.54, 1.807) is 26.4 Å². The van der Waals surface area contributed by atoms with Gasteiger partial charge in [-0.2, -0.15) is 0 Å². The maximum atomic E-state index is 12.0. The topological polar surface area (TPSA) is 44.8 Å². The van der Waals surface area contributed by atoms with Crippen LogP contribution < -0.4 is 14.2 Å². The first-order chi connectivity index (χ1) is 10.1. The third kappa shape index (κ3) is 3.75. The van der Waals surface area contributed by atoms with Crippen LogP contribution in [0.25, 0.3) is 0 Å². The van der Waals surface area contributed by atoms with E-state index in [9.17, 15) is 4.79 Å². The minimum absolute atomic E-state index is 0.222. The summed E-state index contributed by atoms with van der Waals surface area (Å²) < 4.78 is 15.9. The minimum atomic E-state index is -0.325. The fourth-order valence-corrected chi connectivity index (χ4v) is 2.05. The molecule has 0 unspecified atom stereocenters. The number of hydrogen-bond donors (Lipinski definition) is 0. The number of carbonyl (C=O) groups is 1. The Morgan fingerprint density at radius 3 is 2.10 bits per heavy atom. The molecule has 2 rings (SSSR count). The average Bonchev–Trinajstić information content (AvgIpc) is 2.49. The molecule has 110 valence electrons. The van der Waals surface area contributed by atoms with Crippen molar-refractivity contribution in [2.75, 3.05) is 14.2 Å². The van der Waals surface area contributed by atoms with Crippen LogP contribution >= 0.6 is 0 Å². The molecule has 4 nitrogen and oxygen atoms in total. The van der Waals surface area contributed by atoms with E-state index in [0.29, 0.717) is 17.2 Å². The van der Waals surface area contributed by atoms with Gasteiger partial charge in [0.2, 0.25) is 0 Å². The zero-order chi connectivity index (χ0) is 15.2. The van der Waals surface area contributed by atoms with Gasteiger partial charge >= 0.3 is 5.97 Å². The number of hydrogen-bond acceptors (Lipinski definition) is 4. The van der Waals surface area contributed by atoms with Crippen LogP contribution in [-0.4, -0.2) is 20.2 Å². The SMILES string of the molecule is COc1cc(OC(=O)Cc2ccccc2)cc(OC)c1C. The molecule has 0 saturated carbocycles. The van der Waals surface area contributed by atoms with Crippen molar-refractivity contribution >= 4 is 5.97 Å². The van der Waals surface area contributed by atoms with E-state index in [1.165, 1.54) is 0 Å². The first kappa shape index (κ1) is 14.9. The van der Waals surface area contributed by atoms with Crippen molar-refractivity contribution in [1.29, 1.82) is 0 Å². The summed E-state index contributed by atoms with van der Waals surface area (Å²) in [5.74, 6) is 1.33. The summed E-state index contributed by atoms with van der Waals surface area (Å²) in [6, 6.07) is 12.8. The third-order valence-corrected chi connectivity index (χ3v) is 3.15. The van der Waals surface area contributed by atoms with Crippen LogP contribution in [0, 0.1) is 6.92 Å². The van der Waals surface area contributed by atoms with Crippen LogP contribution in [0.15, 0.2) is 42.5 Å². The zero-order valence-corrected chi connectivity index (χ0v) is 12.4. The lowest BCUT2D eigenvalue weighted by Gasteiger charge is -2.12. The van der Waals surface area contributed by atoms with Crippen LogP contribution in [0.1, 0.15) is 11.1 Å². The Balaban J connectivity index is 2.14. The van der Waals surface area contributed by atoms with Gasteiger partial charge in [0.15, 0.2) is 0 Å². The highest BCUT2D eigenvalue weighted by atomic mass is 16.5. The van der Waals surface area contributed by atoms with Gasteiger partial charge < -0.3 is 14.2 Å². The van der Waals surface area contributed by atoms with Crippen molar-refractivity contribution in [1.82, 2.24) is 0 Å². The van der Waals surface area contributed by atoms with E-state index in [0.717, 1.165) is 11.1 Å². The minimum Gasteiger partial charge on any atom is -0.496 e. The van der Waals surface area contributed by atoms with E-state index < -0.39 is 0 Å². The molecule has 0 aliphatic carbocycles. The second-order valence-corrected chi connectivity index (χ2v) is 4.59. The molecule has 0 amide bonds. The van der Waals surface area contributed by atoms with Gasteiger partial charge in [-0.1, -0.05) is 30.3 Å². The highest BCUT2D eigenvalue weighted by Crippen LogP contribution is 2.33. The van der Waals surface area contributed by atoms with Crippen molar-refractivity contribution in [3.8, 4) is 17.2 Å². The number of ether oxygens (including phenoxy) is 3. The summed E-state index contributed by atoms with van der Waals surface area (Å²) in [6.07, 6.45) is 0.222. The van der Waals surface area contributed by atoms with Gasteiger partial charge in [-0.25, -0.2) is 0 Å². The molecule has 0 saturated heterocycles. The molecule has 0 heterocycles. The lowest BCUT2D eigenvalue weighted by Crippen LogP contribution is -2.11. The molecule has 2 aromatic carbocycles. The molecule has 0 radical (unpaired) electrons. The molecular weight excluding hydrogens is 268 g/mol. The average molecular weight is 286 g/mol. The van der Waals surface area contributed by atoms with Crippen LogP contribution in [0.4, 0.5) is 0 Å². The van der Waals surface area contributed by atoms with E-state index in [1.807, 2.05) is 37.3 Å². The number of rotatable bonds is 5. The lowest BCUT2D eigenvalue weighted by atomic mass is 10.1. The Labute approximate surface area is 124 Å². The molecule has 0 aliphatic rings. The van der Waals surface area contributed by atoms with Crippen LogP contribution in [0.3, 0.4) is 0 Å². The molecule has 0 spiro atoms. The number of esters is 1. The second kappa shape index (κ2) is 6.79. The summed E-state index contributed by atoms with van der Waals surface area (Å²) in [5.41, 5.74) is 1.77. The molecule has 0 bridgehead atoms. The zero-order valence-electron chi connectivity index (χ0n) is 12.4. The second-order valence-electron chi connectivity index (χ2n) is 4.59. The Bertz CT molecular complexity index is 595. The first-order valence-electron chi connectivity index (χ1n) is 6.61. The molecule has 0 aromatic heterocycles. The van der Waals surface area contributed by atoms with E-state index in [4.69, 9.17) is 14.2 Å². The van der Waals surface area contributed by atoms with Gasteiger partial charge in [0, 0.05) is 17.7 Å². The van der Waals surface area contributed by atoms with E-state index >= 15 is 0 Å². The number of carbonyl (C=O) groups excluding carboxylic acids is 1. The Morgan fingerprint density at radius 1 is 1.00 bits per heavy atom. The molecule has 2 aromatic rings.